The molecule has 0 radical (unpaired) electrons. The highest BCUT2D eigenvalue weighted by Gasteiger charge is 2.25. The van der Waals surface area contributed by atoms with Crippen LogP contribution < -0.4 is 5.32 Å². The Bertz CT molecular complexity index is 375. The highest BCUT2D eigenvalue weighted by atomic mass is 32.1. The maximum absolute atomic E-state index is 12.4. The lowest BCUT2D eigenvalue weighted by Crippen LogP contribution is -2.52. The largest absolute Gasteiger partial charge is 0.333 e. The highest BCUT2D eigenvalue weighted by Crippen LogP contribution is 2.21. The van der Waals surface area contributed by atoms with Gasteiger partial charge in [-0.15, -0.1) is 11.3 Å². The summed E-state index contributed by atoms with van der Waals surface area (Å²) in [5.41, 5.74) is 1.18. The first kappa shape index (κ1) is 11.6. The Morgan fingerprint density at radius 2 is 2.50 bits per heavy atom. The van der Waals surface area contributed by atoms with Crippen molar-refractivity contribution in [3.63, 3.8) is 0 Å². The van der Waals surface area contributed by atoms with Gasteiger partial charge in [-0.1, -0.05) is 6.92 Å². The van der Waals surface area contributed by atoms with Crippen molar-refractivity contribution in [3.8, 4) is 0 Å². The Morgan fingerprint density at radius 1 is 1.69 bits per heavy atom. The van der Waals surface area contributed by atoms with Crippen molar-refractivity contribution in [1.82, 2.24) is 10.2 Å². The summed E-state index contributed by atoms with van der Waals surface area (Å²) >= 11 is 1.57. The van der Waals surface area contributed by atoms with E-state index in [-0.39, 0.29) is 5.91 Å². The third kappa shape index (κ3) is 2.13. The Morgan fingerprint density at radius 3 is 3.19 bits per heavy atom. The van der Waals surface area contributed by atoms with E-state index in [1.807, 2.05) is 10.3 Å². The van der Waals surface area contributed by atoms with Crippen LogP contribution in [0.3, 0.4) is 0 Å². The van der Waals surface area contributed by atoms with E-state index >= 15 is 0 Å². The minimum Gasteiger partial charge on any atom is -0.333 e. The van der Waals surface area contributed by atoms with Gasteiger partial charge in [-0.05, 0) is 30.4 Å². The number of aryl methyl sites for hydroxylation is 1. The van der Waals surface area contributed by atoms with E-state index in [0.29, 0.717) is 6.04 Å². The number of amides is 1. The molecule has 1 aliphatic rings. The maximum atomic E-state index is 12.4. The number of nitrogens with zero attached hydrogens (tertiary/aromatic N) is 1. The number of carbonyl (C=O) groups is 1. The molecule has 0 unspecified atom stereocenters. The van der Waals surface area contributed by atoms with Crippen LogP contribution >= 0.6 is 11.3 Å². The van der Waals surface area contributed by atoms with Gasteiger partial charge in [-0.3, -0.25) is 4.79 Å². The molecule has 1 N–H and O–H groups in total. The van der Waals surface area contributed by atoms with Crippen molar-refractivity contribution in [2.24, 2.45) is 0 Å². The van der Waals surface area contributed by atoms with Gasteiger partial charge in [-0.25, -0.2) is 0 Å². The summed E-state index contributed by atoms with van der Waals surface area (Å²) in [7, 11) is 0. The average Bonchev–Trinajstić information content (AvgIpc) is 2.77. The number of rotatable bonds is 2. The third-order valence-electron chi connectivity index (χ3n) is 3.08. The minimum atomic E-state index is 0.209. The first-order valence-corrected chi connectivity index (χ1v) is 6.70. The number of hydrogen-bond acceptors (Lipinski definition) is 3. The van der Waals surface area contributed by atoms with Crippen molar-refractivity contribution in [3.05, 3.63) is 21.9 Å². The van der Waals surface area contributed by atoms with Crippen LogP contribution in [-0.2, 0) is 6.42 Å². The molecule has 0 aliphatic carbocycles. The molecule has 16 heavy (non-hydrogen) atoms. The second kappa shape index (κ2) is 4.97. The van der Waals surface area contributed by atoms with Crippen LogP contribution in [0.2, 0.25) is 0 Å². The van der Waals surface area contributed by atoms with Crippen molar-refractivity contribution in [1.29, 1.82) is 0 Å². The highest BCUT2D eigenvalue weighted by molar-refractivity contribution is 7.12. The normalized spacial score (nSPS) is 21.1. The molecule has 3 nitrogen and oxygen atoms in total. The molecule has 2 heterocycles. The molecule has 2 rings (SSSR count). The molecule has 1 amide bonds. The molecule has 0 saturated carbocycles. The van der Waals surface area contributed by atoms with Crippen molar-refractivity contribution in [2.75, 3.05) is 19.6 Å². The van der Waals surface area contributed by atoms with Gasteiger partial charge < -0.3 is 10.2 Å². The topological polar surface area (TPSA) is 32.3 Å². The van der Waals surface area contributed by atoms with Crippen molar-refractivity contribution >= 4 is 17.2 Å². The van der Waals surface area contributed by atoms with Crippen molar-refractivity contribution < 1.29 is 4.79 Å². The third-order valence-corrected chi connectivity index (χ3v) is 4.03. The zero-order chi connectivity index (χ0) is 11.5. The summed E-state index contributed by atoms with van der Waals surface area (Å²) in [6, 6.07) is 2.36. The first-order chi connectivity index (χ1) is 7.74. The molecule has 4 heteroatoms. The van der Waals surface area contributed by atoms with Crippen LogP contribution in [0, 0.1) is 0 Å². The van der Waals surface area contributed by atoms with Crippen molar-refractivity contribution in [2.45, 2.75) is 26.3 Å². The smallest absolute Gasteiger partial charge is 0.264 e. The summed E-state index contributed by atoms with van der Waals surface area (Å²) < 4.78 is 0. The minimum absolute atomic E-state index is 0.209. The van der Waals surface area contributed by atoms with Gasteiger partial charge in [0.15, 0.2) is 0 Å². The zero-order valence-corrected chi connectivity index (χ0v) is 10.6. The van der Waals surface area contributed by atoms with E-state index in [1.54, 1.807) is 11.3 Å². The van der Waals surface area contributed by atoms with Crippen LogP contribution in [0.4, 0.5) is 0 Å². The summed E-state index contributed by atoms with van der Waals surface area (Å²) in [5, 5.41) is 5.32. The molecule has 0 bridgehead atoms. The number of thiophene rings is 1. The number of piperazine rings is 1. The lowest BCUT2D eigenvalue weighted by atomic mass is 10.1. The average molecular weight is 238 g/mol. The van der Waals surface area contributed by atoms with Gasteiger partial charge in [0.2, 0.25) is 0 Å². The van der Waals surface area contributed by atoms with E-state index < -0.39 is 0 Å². The number of hydrogen-bond donors (Lipinski definition) is 1. The monoisotopic (exact) mass is 238 g/mol. The fourth-order valence-electron chi connectivity index (χ4n) is 2.07. The zero-order valence-electron chi connectivity index (χ0n) is 9.82. The fraction of sp³-hybridized carbons (Fsp3) is 0.583. The van der Waals surface area contributed by atoms with Gasteiger partial charge >= 0.3 is 0 Å². The molecule has 1 saturated heterocycles. The summed E-state index contributed by atoms with van der Waals surface area (Å²) in [6.07, 6.45) is 0.936. The summed E-state index contributed by atoms with van der Waals surface area (Å²) in [4.78, 5) is 15.3. The Labute approximate surface area is 100 Å². The molecule has 1 aliphatic heterocycles. The second-order valence-electron chi connectivity index (χ2n) is 4.18. The lowest BCUT2D eigenvalue weighted by molar-refractivity contribution is 0.0660. The molecule has 0 aromatic carbocycles. The molecular weight excluding hydrogens is 220 g/mol. The van der Waals surface area contributed by atoms with Gasteiger partial charge in [-0.2, -0.15) is 0 Å². The van der Waals surface area contributed by atoms with E-state index in [4.69, 9.17) is 0 Å². The molecular formula is C12H18N2OS. The number of nitrogens with one attached hydrogen (secondary N) is 1. The van der Waals surface area contributed by atoms with Gasteiger partial charge in [0, 0.05) is 25.7 Å². The van der Waals surface area contributed by atoms with Gasteiger partial charge in [0.1, 0.15) is 0 Å². The predicted octanol–water partition coefficient (Wildman–Crippen LogP) is 1.74. The molecule has 1 aromatic heterocycles. The Kier molecular flexibility index (Phi) is 3.61. The summed E-state index contributed by atoms with van der Waals surface area (Å²) in [6.45, 7) is 6.83. The molecule has 1 atom stereocenters. The van der Waals surface area contributed by atoms with E-state index in [9.17, 15) is 4.79 Å². The number of carbonyl (C=O) groups excluding carboxylic acids is 1. The predicted molar refractivity (Wildman–Crippen MR) is 67.1 cm³/mol. The maximum Gasteiger partial charge on any atom is 0.264 e. The Balaban J connectivity index is 2.17. The standard InChI is InChI=1S/C12H18N2OS/c1-3-10-4-7-16-11(10)12(15)14-6-5-13-8-9(14)2/h4,7,9,13H,3,5-6,8H2,1-2H3/t9-/m0/s1. The molecule has 0 spiro atoms. The lowest BCUT2D eigenvalue weighted by Gasteiger charge is -2.33. The SMILES string of the molecule is CCc1ccsc1C(=O)N1CCNC[C@@H]1C. The van der Waals surface area contributed by atoms with Gasteiger partial charge in [0.05, 0.1) is 4.88 Å². The van der Waals surface area contributed by atoms with Crippen LogP contribution in [0.15, 0.2) is 11.4 Å². The quantitative estimate of drug-likeness (QED) is 0.851. The second-order valence-corrected chi connectivity index (χ2v) is 5.10. The first-order valence-electron chi connectivity index (χ1n) is 5.82. The Hall–Kier alpha value is -0.870. The van der Waals surface area contributed by atoms with Gasteiger partial charge in [0.25, 0.3) is 5.91 Å². The fourth-order valence-corrected chi connectivity index (χ4v) is 3.03. The van der Waals surface area contributed by atoms with Crippen LogP contribution in [-0.4, -0.2) is 36.5 Å². The van der Waals surface area contributed by atoms with Crippen LogP contribution in [0.1, 0.15) is 29.1 Å². The van der Waals surface area contributed by atoms with E-state index in [2.05, 4.69) is 25.2 Å². The van der Waals surface area contributed by atoms with E-state index in [0.717, 1.165) is 30.9 Å². The van der Waals surface area contributed by atoms with Crippen LogP contribution in [0.25, 0.3) is 0 Å². The molecule has 1 aromatic rings. The van der Waals surface area contributed by atoms with E-state index in [1.165, 1.54) is 5.56 Å². The molecule has 88 valence electrons. The molecule has 1 fully saturated rings. The summed E-state index contributed by atoms with van der Waals surface area (Å²) in [5.74, 6) is 0.209. The van der Waals surface area contributed by atoms with Crippen LogP contribution in [0.5, 0.6) is 0 Å².